The molecule has 0 aliphatic carbocycles. The second kappa shape index (κ2) is 5.10. The van der Waals surface area contributed by atoms with Crippen molar-refractivity contribution in [3.05, 3.63) is 45.4 Å². The Hall–Kier alpha value is -1.68. The fraction of sp³-hybridized carbons (Fsp3) is 0.231. The molecule has 1 aromatic carbocycles. The van der Waals surface area contributed by atoms with Crippen molar-refractivity contribution in [1.29, 1.82) is 0 Å². The summed E-state index contributed by atoms with van der Waals surface area (Å²) in [5.41, 5.74) is 1.59. The van der Waals surface area contributed by atoms with E-state index < -0.39 is 0 Å². The van der Waals surface area contributed by atoms with Gasteiger partial charge in [-0.15, -0.1) is 0 Å². The molecule has 17 heavy (non-hydrogen) atoms. The second-order valence-corrected chi connectivity index (χ2v) is 4.48. The molecular weight excluding hydrogens is 234 g/mol. The van der Waals surface area contributed by atoms with E-state index in [4.69, 9.17) is 4.74 Å². The van der Waals surface area contributed by atoms with E-state index in [1.54, 1.807) is 7.11 Å². The first kappa shape index (κ1) is 11.8. The van der Waals surface area contributed by atoms with Gasteiger partial charge in [0.15, 0.2) is 0 Å². The van der Waals surface area contributed by atoms with Gasteiger partial charge in [-0.1, -0.05) is 48.6 Å². The summed E-state index contributed by atoms with van der Waals surface area (Å²) < 4.78 is 5.20. The van der Waals surface area contributed by atoms with Gasteiger partial charge >= 0.3 is 0 Å². The highest BCUT2D eigenvalue weighted by atomic mass is 32.1. The molecule has 1 heterocycles. The Kier molecular flexibility index (Phi) is 3.54. The molecule has 0 unspecified atom stereocenters. The van der Waals surface area contributed by atoms with Gasteiger partial charge in [-0.2, -0.15) is 0 Å². The molecular formula is C13H13NO2S. The van der Waals surface area contributed by atoms with Crippen molar-refractivity contribution in [3.8, 4) is 16.5 Å². The number of benzene rings is 1. The van der Waals surface area contributed by atoms with Crippen molar-refractivity contribution >= 4 is 11.3 Å². The normalized spacial score (nSPS) is 10.2. The number of methoxy groups -OCH3 is 1. The van der Waals surface area contributed by atoms with Crippen LogP contribution in [0.3, 0.4) is 0 Å². The molecule has 2 rings (SSSR count). The number of hydrogen-bond donors (Lipinski definition) is 0. The summed E-state index contributed by atoms with van der Waals surface area (Å²) in [6.07, 6.45) is 0.639. The third kappa shape index (κ3) is 2.36. The lowest BCUT2D eigenvalue weighted by Gasteiger charge is -2.06. The highest BCUT2D eigenvalue weighted by Gasteiger charge is 2.11. The maximum atomic E-state index is 11.9. The lowest BCUT2D eigenvalue weighted by atomic mass is 10.2. The average molecular weight is 247 g/mol. The molecule has 0 saturated heterocycles. The van der Waals surface area contributed by atoms with Gasteiger partial charge in [0.05, 0.1) is 12.7 Å². The Morgan fingerprint density at radius 3 is 2.59 bits per heavy atom. The minimum atomic E-state index is 0.0261. The first-order valence-electron chi connectivity index (χ1n) is 5.39. The summed E-state index contributed by atoms with van der Waals surface area (Å²) in [5.74, 6) is 0.440. The van der Waals surface area contributed by atoms with Crippen LogP contribution in [0.15, 0.2) is 35.1 Å². The van der Waals surface area contributed by atoms with Crippen LogP contribution in [0.5, 0.6) is 5.88 Å². The predicted octanol–water partition coefficient (Wildman–Crippen LogP) is 2.74. The topological polar surface area (TPSA) is 39.2 Å². The zero-order valence-corrected chi connectivity index (χ0v) is 10.6. The smallest absolute Gasteiger partial charge is 0.242 e. The lowest BCUT2D eigenvalue weighted by molar-refractivity contribution is 0.394. The van der Waals surface area contributed by atoms with Crippen molar-refractivity contribution in [3.63, 3.8) is 0 Å². The van der Waals surface area contributed by atoms with Crippen LogP contribution in [0.4, 0.5) is 0 Å². The molecule has 1 aromatic heterocycles. The number of hydrogen-bond acceptors (Lipinski definition) is 4. The van der Waals surface area contributed by atoms with Crippen LogP contribution < -0.4 is 9.48 Å². The summed E-state index contributed by atoms with van der Waals surface area (Å²) in [6.45, 7) is 1.93. The fourth-order valence-electron chi connectivity index (χ4n) is 1.59. The Morgan fingerprint density at radius 2 is 2.00 bits per heavy atom. The maximum Gasteiger partial charge on any atom is 0.242 e. The van der Waals surface area contributed by atoms with E-state index in [0.29, 0.717) is 22.9 Å². The minimum absolute atomic E-state index is 0.0261. The molecule has 88 valence electrons. The van der Waals surface area contributed by atoms with Gasteiger partial charge in [-0.25, -0.2) is 4.98 Å². The summed E-state index contributed by atoms with van der Waals surface area (Å²) in [6, 6.07) is 9.65. The molecule has 0 N–H and O–H groups in total. The molecule has 2 aromatic rings. The van der Waals surface area contributed by atoms with Gasteiger partial charge < -0.3 is 4.74 Å². The van der Waals surface area contributed by atoms with Gasteiger partial charge in [-0.05, 0) is 6.42 Å². The van der Waals surface area contributed by atoms with Gasteiger partial charge in [0.2, 0.25) is 10.6 Å². The molecule has 0 saturated carbocycles. The van der Waals surface area contributed by atoms with Crippen LogP contribution in [0.1, 0.15) is 12.5 Å². The van der Waals surface area contributed by atoms with Crippen molar-refractivity contribution in [1.82, 2.24) is 4.98 Å². The number of rotatable bonds is 3. The minimum Gasteiger partial charge on any atom is -0.481 e. The Morgan fingerprint density at radius 1 is 1.29 bits per heavy atom. The van der Waals surface area contributed by atoms with E-state index in [1.807, 2.05) is 37.3 Å². The van der Waals surface area contributed by atoms with Crippen molar-refractivity contribution < 1.29 is 4.74 Å². The first-order chi connectivity index (χ1) is 8.26. The zero-order chi connectivity index (χ0) is 12.3. The van der Waals surface area contributed by atoms with Crippen LogP contribution in [-0.4, -0.2) is 12.1 Å². The molecule has 0 amide bonds. The van der Waals surface area contributed by atoms with E-state index in [0.717, 1.165) is 16.9 Å². The Balaban J connectivity index is 2.59. The third-order valence-electron chi connectivity index (χ3n) is 2.46. The standard InChI is InChI=1S/C13H13NO2S/c1-3-10-11(16-2)14-12(17-13(10)15)9-7-5-4-6-8-9/h4-8H,3H2,1-2H3. The summed E-state index contributed by atoms with van der Waals surface area (Å²) in [4.78, 5) is 16.3. The molecule has 0 spiro atoms. The van der Waals surface area contributed by atoms with Crippen molar-refractivity contribution in [2.45, 2.75) is 13.3 Å². The molecule has 0 bridgehead atoms. The molecule has 0 aliphatic heterocycles. The monoisotopic (exact) mass is 247 g/mol. The van der Waals surface area contributed by atoms with Gasteiger partial charge in [0, 0.05) is 5.56 Å². The van der Waals surface area contributed by atoms with E-state index >= 15 is 0 Å². The quantitative estimate of drug-likeness (QED) is 0.837. The summed E-state index contributed by atoms with van der Waals surface area (Å²) in [7, 11) is 1.54. The van der Waals surface area contributed by atoms with Crippen molar-refractivity contribution in [2.75, 3.05) is 7.11 Å². The van der Waals surface area contributed by atoms with E-state index in [9.17, 15) is 4.79 Å². The molecule has 0 aliphatic rings. The molecule has 0 atom stereocenters. The van der Waals surface area contributed by atoms with Crippen LogP contribution in [0, 0.1) is 0 Å². The highest BCUT2D eigenvalue weighted by Crippen LogP contribution is 2.23. The summed E-state index contributed by atoms with van der Waals surface area (Å²) >= 11 is 1.16. The van der Waals surface area contributed by atoms with Gasteiger partial charge in [0.1, 0.15) is 5.01 Å². The molecule has 0 radical (unpaired) electrons. The summed E-state index contributed by atoms with van der Waals surface area (Å²) in [5, 5.41) is 0.699. The van der Waals surface area contributed by atoms with Crippen molar-refractivity contribution in [2.24, 2.45) is 0 Å². The van der Waals surface area contributed by atoms with Gasteiger partial charge in [-0.3, -0.25) is 4.79 Å². The number of ether oxygens (including phenoxy) is 1. The maximum absolute atomic E-state index is 11.9. The fourth-order valence-corrected chi connectivity index (χ4v) is 2.50. The Bertz CT molecular complexity index is 563. The zero-order valence-electron chi connectivity index (χ0n) is 9.77. The number of aromatic nitrogens is 1. The van der Waals surface area contributed by atoms with E-state index in [-0.39, 0.29) is 4.74 Å². The van der Waals surface area contributed by atoms with Gasteiger partial charge in [0.25, 0.3) is 0 Å². The first-order valence-corrected chi connectivity index (χ1v) is 6.21. The Labute approximate surface area is 104 Å². The highest BCUT2D eigenvalue weighted by molar-refractivity contribution is 7.12. The van der Waals surface area contributed by atoms with Crippen LogP contribution in [0.2, 0.25) is 0 Å². The van der Waals surface area contributed by atoms with E-state index in [2.05, 4.69) is 4.98 Å². The van der Waals surface area contributed by atoms with E-state index in [1.165, 1.54) is 0 Å². The second-order valence-electron chi connectivity index (χ2n) is 3.51. The predicted molar refractivity (Wildman–Crippen MR) is 69.8 cm³/mol. The lowest BCUT2D eigenvalue weighted by Crippen LogP contribution is -2.08. The SMILES string of the molecule is CCc1c(OC)nc(-c2ccccc2)sc1=O. The largest absolute Gasteiger partial charge is 0.481 e. The third-order valence-corrected chi connectivity index (χ3v) is 3.42. The van der Waals surface area contributed by atoms with Crippen LogP contribution in [0.25, 0.3) is 10.6 Å². The average Bonchev–Trinajstić information content (AvgIpc) is 2.38. The van der Waals surface area contributed by atoms with Crippen LogP contribution in [-0.2, 0) is 6.42 Å². The molecule has 3 nitrogen and oxygen atoms in total. The van der Waals surface area contributed by atoms with Crippen LogP contribution >= 0.6 is 11.3 Å². The molecule has 4 heteroatoms. The molecule has 0 fully saturated rings. The number of nitrogens with zero attached hydrogens (tertiary/aromatic N) is 1.